The lowest BCUT2D eigenvalue weighted by Gasteiger charge is -2.04. The van der Waals surface area contributed by atoms with Crippen molar-refractivity contribution in [3.05, 3.63) is 11.9 Å². The zero-order chi connectivity index (χ0) is 10.7. The summed E-state index contributed by atoms with van der Waals surface area (Å²) in [6.07, 6.45) is 2.56. The van der Waals surface area contributed by atoms with Gasteiger partial charge in [-0.2, -0.15) is 5.10 Å². The average Bonchev–Trinajstić information content (AvgIpc) is 2.45. The Balaban J connectivity index is 2.80. The molecule has 1 aromatic rings. The Morgan fingerprint density at radius 3 is 2.93 bits per heavy atom. The SMILES string of the molecule is CCc1nn(C)cc1NC(=O)C(C)Cl. The highest BCUT2D eigenvalue weighted by atomic mass is 35.5. The molecule has 0 aliphatic rings. The molecular formula is C9H14ClN3O. The highest BCUT2D eigenvalue weighted by Crippen LogP contribution is 2.14. The first-order chi connectivity index (χ1) is 6.54. The van der Waals surface area contributed by atoms with Gasteiger partial charge in [-0.3, -0.25) is 9.48 Å². The fraction of sp³-hybridized carbons (Fsp3) is 0.556. The number of aromatic nitrogens is 2. The summed E-state index contributed by atoms with van der Waals surface area (Å²) in [5.41, 5.74) is 1.62. The van der Waals surface area contributed by atoms with Gasteiger partial charge in [0.05, 0.1) is 11.4 Å². The van der Waals surface area contributed by atoms with Crippen LogP contribution in [0.1, 0.15) is 19.5 Å². The maximum Gasteiger partial charge on any atom is 0.242 e. The standard InChI is InChI=1S/C9H14ClN3O/c1-4-7-8(5-13(3)12-7)11-9(14)6(2)10/h5-6H,4H2,1-3H3,(H,11,14). The lowest BCUT2D eigenvalue weighted by atomic mass is 10.3. The van der Waals surface area contributed by atoms with E-state index in [2.05, 4.69) is 10.4 Å². The van der Waals surface area contributed by atoms with Gasteiger partial charge in [0, 0.05) is 13.2 Å². The van der Waals surface area contributed by atoms with E-state index in [9.17, 15) is 4.79 Å². The number of amides is 1. The predicted octanol–water partition coefficient (Wildman–Crippen LogP) is 1.55. The second kappa shape index (κ2) is 4.46. The van der Waals surface area contributed by atoms with Gasteiger partial charge in [0.1, 0.15) is 5.38 Å². The van der Waals surface area contributed by atoms with Gasteiger partial charge in [0.25, 0.3) is 0 Å². The summed E-state index contributed by atoms with van der Waals surface area (Å²) in [7, 11) is 1.82. The third-order valence-electron chi connectivity index (χ3n) is 1.86. The molecule has 5 heteroatoms. The van der Waals surface area contributed by atoms with Crippen LogP contribution in [0.5, 0.6) is 0 Å². The van der Waals surface area contributed by atoms with Crippen molar-refractivity contribution in [2.45, 2.75) is 25.6 Å². The zero-order valence-electron chi connectivity index (χ0n) is 8.54. The molecule has 0 aromatic carbocycles. The Hall–Kier alpha value is -1.03. The summed E-state index contributed by atoms with van der Waals surface area (Å²) < 4.78 is 1.67. The molecule has 1 amide bonds. The monoisotopic (exact) mass is 215 g/mol. The minimum absolute atomic E-state index is 0.200. The van der Waals surface area contributed by atoms with Crippen LogP contribution >= 0.6 is 11.6 Å². The molecule has 1 rings (SSSR count). The average molecular weight is 216 g/mol. The summed E-state index contributed by atoms with van der Waals surface area (Å²) in [5.74, 6) is -0.200. The normalized spacial score (nSPS) is 12.6. The van der Waals surface area contributed by atoms with Crippen molar-refractivity contribution < 1.29 is 4.79 Å². The Bertz CT molecular complexity index is 333. The number of carbonyl (C=O) groups is 1. The van der Waals surface area contributed by atoms with Crippen molar-refractivity contribution in [1.29, 1.82) is 0 Å². The van der Waals surface area contributed by atoms with E-state index in [1.54, 1.807) is 17.8 Å². The molecule has 0 fully saturated rings. The van der Waals surface area contributed by atoms with Crippen molar-refractivity contribution in [2.24, 2.45) is 7.05 Å². The number of anilines is 1. The van der Waals surface area contributed by atoms with Crippen LogP contribution < -0.4 is 5.32 Å². The van der Waals surface area contributed by atoms with Crippen molar-refractivity contribution in [3.63, 3.8) is 0 Å². The van der Waals surface area contributed by atoms with Crippen molar-refractivity contribution in [2.75, 3.05) is 5.32 Å². The molecule has 1 aromatic heterocycles. The number of carbonyl (C=O) groups excluding carboxylic acids is 1. The van der Waals surface area contributed by atoms with E-state index in [1.807, 2.05) is 14.0 Å². The van der Waals surface area contributed by atoms with Gasteiger partial charge >= 0.3 is 0 Å². The number of nitrogens with zero attached hydrogens (tertiary/aromatic N) is 2. The zero-order valence-corrected chi connectivity index (χ0v) is 9.30. The number of nitrogens with one attached hydrogen (secondary N) is 1. The molecule has 0 saturated heterocycles. The van der Waals surface area contributed by atoms with Crippen molar-refractivity contribution in [3.8, 4) is 0 Å². The summed E-state index contributed by atoms with van der Waals surface area (Å²) in [5, 5.41) is 6.40. The summed E-state index contributed by atoms with van der Waals surface area (Å²) in [6, 6.07) is 0. The predicted molar refractivity (Wildman–Crippen MR) is 56.5 cm³/mol. The molecule has 0 aliphatic carbocycles. The van der Waals surface area contributed by atoms with Gasteiger partial charge < -0.3 is 5.32 Å². The fourth-order valence-corrected chi connectivity index (χ4v) is 1.19. The molecule has 0 saturated carbocycles. The van der Waals surface area contributed by atoms with E-state index in [-0.39, 0.29) is 5.91 Å². The van der Waals surface area contributed by atoms with Crippen LogP contribution in [0.25, 0.3) is 0 Å². The van der Waals surface area contributed by atoms with Crippen LogP contribution in [-0.4, -0.2) is 21.1 Å². The van der Waals surface area contributed by atoms with E-state index < -0.39 is 5.38 Å². The maximum atomic E-state index is 11.3. The van der Waals surface area contributed by atoms with Gasteiger partial charge in [-0.15, -0.1) is 11.6 Å². The number of hydrogen-bond donors (Lipinski definition) is 1. The smallest absolute Gasteiger partial charge is 0.242 e. The van der Waals surface area contributed by atoms with E-state index in [0.29, 0.717) is 0 Å². The summed E-state index contributed by atoms with van der Waals surface area (Å²) in [4.78, 5) is 11.3. The summed E-state index contributed by atoms with van der Waals surface area (Å²) >= 11 is 5.64. The highest BCUT2D eigenvalue weighted by Gasteiger charge is 2.13. The lowest BCUT2D eigenvalue weighted by Crippen LogP contribution is -2.20. The Morgan fingerprint density at radius 1 is 1.79 bits per heavy atom. The van der Waals surface area contributed by atoms with Crippen molar-refractivity contribution in [1.82, 2.24) is 9.78 Å². The number of aryl methyl sites for hydroxylation is 2. The molecule has 1 N–H and O–H groups in total. The molecule has 0 spiro atoms. The fourth-order valence-electron chi connectivity index (χ4n) is 1.13. The van der Waals surface area contributed by atoms with Crippen LogP contribution in [0.15, 0.2) is 6.20 Å². The molecule has 78 valence electrons. The van der Waals surface area contributed by atoms with Crippen molar-refractivity contribution >= 4 is 23.2 Å². The number of hydrogen-bond acceptors (Lipinski definition) is 2. The molecule has 1 atom stereocenters. The summed E-state index contributed by atoms with van der Waals surface area (Å²) in [6.45, 7) is 3.63. The first kappa shape index (κ1) is 11.0. The minimum Gasteiger partial charge on any atom is -0.322 e. The van der Waals surface area contributed by atoms with E-state index in [0.717, 1.165) is 17.8 Å². The van der Waals surface area contributed by atoms with Gasteiger partial charge in [-0.05, 0) is 13.3 Å². The highest BCUT2D eigenvalue weighted by molar-refractivity contribution is 6.32. The van der Waals surface area contributed by atoms with Gasteiger partial charge in [-0.25, -0.2) is 0 Å². The molecule has 14 heavy (non-hydrogen) atoms. The number of halogens is 1. The Morgan fingerprint density at radius 2 is 2.43 bits per heavy atom. The van der Waals surface area contributed by atoms with Gasteiger partial charge in [-0.1, -0.05) is 6.92 Å². The van der Waals surface area contributed by atoms with Crippen LogP contribution in [-0.2, 0) is 18.3 Å². The maximum absolute atomic E-state index is 11.3. The topological polar surface area (TPSA) is 46.9 Å². The quantitative estimate of drug-likeness (QED) is 0.778. The van der Waals surface area contributed by atoms with E-state index in [1.165, 1.54) is 0 Å². The van der Waals surface area contributed by atoms with Gasteiger partial charge in [0.2, 0.25) is 5.91 Å². The number of rotatable bonds is 3. The Kier molecular flexibility index (Phi) is 3.52. The molecule has 0 bridgehead atoms. The molecular weight excluding hydrogens is 202 g/mol. The number of alkyl halides is 1. The molecule has 4 nitrogen and oxygen atoms in total. The Labute approximate surface area is 88.2 Å². The molecule has 0 aliphatic heterocycles. The minimum atomic E-state index is -0.528. The van der Waals surface area contributed by atoms with Crippen LogP contribution in [0.3, 0.4) is 0 Å². The van der Waals surface area contributed by atoms with E-state index >= 15 is 0 Å². The molecule has 1 unspecified atom stereocenters. The second-order valence-corrected chi connectivity index (χ2v) is 3.78. The largest absolute Gasteiger partial charge is 0.322 e. The van der Waals surface area contributed by atoms with Gasteiger partial charge in [0.15, 0.2) is 0 Å². The lowest BCUT2D eigenvalue weighted by molar-refractivity contribution is -0.115. The first-order valence-electron chi connectivity index (χ1n) is 4.52. The molecule has 1 heterocycles. The van der Waals surface area contributed by atoms with E-state index in [4.69, 9.17) is 11.6 Å². The third-order valence-corrected chi connectivity index (χ3v) is 2.06. The van der Waals surface area contributed by atoms with Crippen LogP contribution in [0, 0.1) is 0 Å². The van der Waals surface area contributed by atoms with Crippen LogP contribution in [0.4, 0.5) is 5.69 Å². The first-order valence-corrected chi connectivity index (χ1v) is 4.95. The van der Waals surface area contributed by atoms with Crippen LogP contribution in [0.2, 0.25) is 0 Å². The molecule has 0 radical (unpaired) electrons. The third kappa shape index (κ3) is 2.48. The second-order valence-electron chi connectivity index (χ2n) is 3.12.